The van der Waals surface area contributed by atoms with Gasteiger partial charge in [0.1, 0.15) is 5.69 Å². The summed E-state index contributed by atoms with van der Waals surface area (Å²) in [6.45, 7) is 2.97. The van der Waals surface area contributed by atoms with Gasteiger partial charge in [0.15, 0.2) is 11.5 Å². The summed E-state index contributed by atoms with van der Waals surface area (Å²) >= 11 is 0. The Kier molecular flexibility index (Phi) is 4.60. The smallest absolute Gasteiger partial charge is 0.272 e. The number of fused-ring (bicyclic) bond motifs is 5. The van der Waals surface area contributed by atoms with E-state index in [1.807, 2.05) is 41.3 Å². The molecule has 0 N–H and O–H groups in total. The summed E-state index contributed by atoms with van der Waals surface area (Å²) in [6, 6.07) is 13.2. The number of hydrogen-bond donors (Lipinski definition) is 0. The molecule has 0 bridgehead atoms. The number of carbonyl (C=O) groups excluding carboxylic acids is 1. The number of methoxy groups -OCH3 is 2. The highest BCUT2D eigenvalue weighted by Crippen LogP contribution is 2.39. The zero-order valence-corrected chi connectivity index (χ0v) is 19.3. The van der Waals surface area contributed by atoms with Gasteiger partial charge in [-0.05, 0) is 31.3 Å². The predicted molar refractivity (Wildman–Crippen MR) is 132 cm³/mol. The van der Waals surface area contributed by atoms with E-state index in [0.717, 1.165) is 29.4 Å². The van der Waals surface area contributed by atoms with Crippen LogP contribution in [0.15, 0.2) is 47.3 Å². The first-order chi connectivity index (χ1) is 16.5. The van der Waals surface area contributed by atoms with Crippen molar-refractivity contribution in [2.24, 2.45) is 0 Å². The molecule has 3 aromatic heterocycles. The first-order valence-corrected chi connectivity index (χ1v) is 11.3. The quantitative estimate of drug-likeness (QED) is 0.389. The van der Waals surface area contributed by atoms with Crippen LogP contribution in [0.25, 0.3) is 38.1 Å². The average Bonchev–Trinajstić information content (AvgIpc) is 3.21. The number of likely N-dealkylation sites (N-methyl/N-ethyl adjacent to an activating group) is 1. The van der Waals surface area contributed by atoms with Gasteiger partial charge in [-0.1, -0.05) is 18.2 Å². The van der Waals surface area contributed by atoms with E-state index in [1.54, 1.807) is 17.6 Å². The van der Waals surface area contributed by atoms with E-state index in [1.165, 1.54) is 7.11 Å². The Morgan fingerprint density at radius 1 is 0.941 bits per heavy atom. The fraction of sp³-hybridized carbons (Fsp3) is 0.269. The molecule has 34 heavy (non-hydrogen) atoms. The van der Waals surface area contributed by atoms with Gasteiger partial charge in [0.25, 0.3) is 11.5 Å². The summed E-state index contributed by atoms with van der Waals surface area (Å²) in [5.74, 6) is 0.733. The Labute approximate surface area is 195 Å². The molecule has 1 aliphatic heterocycles. The molecule has 1 amide bonds. The van der Waals surface area contributed by atoms with Crippen LogP contribution in [0, 0.1) is 0 Å². The highest BCUT2D eigenvalue weighted by Gasteiger charge is 2.26. The highest BCUT2D eigenvalue weighted by atomic mass is 16.5. The molecule has 172 valence electrons. The van der Waals surface area contributed by atoms with E-state index in [0.29, 0.717) is 52.1 Å². The number of pyridine rings is 2. The molecule has 0 spiro atoms. The van der Waals surface area contributed by atoms with Gasteiger partial charge in [0.2, 0.25) is 0 Å². The molecule has 5 aromatic rings. The van der Waals surface area contributed by atoms with E-state index in [-0.39, 0.29) is 11.5 Å². The Balaban J connectivity index is 1.74. The topological polar surface area (TPSA) is 76.4 Å². The number of aromatic nitrogens is 2. The second-order valence-electron chi connectivity index (χ2n) is 8.73. The molecular weight excluding hydrogens is 432 g/mol. The lowest BCUT2D eigenvalue weighted by molar-refractivity contribution is 0.0659. The van der Waals surface area contributed by atoms with Crippen LogP contribution in [0.3, 0.4) is 0 Å². The molecule has 1 saturated heterocycles. The molecule has 0 aliphatic carbocycles. The van der Waals surface area contributed by atoms with E-state index in [4.69, 9.17) is 14.5 Å². The Morgan fingerprint density at radius 3 is 2.44 bits per heavy atom. The SMILES string of the molecule is COc1ccc2c(c1OC)c(=O)n1c3ccccc3c3cc(C(=O)N4CCN(C)CC4)nc2c31. The molecule has 6 rings (SSSR count). The fourth-order valence-electron chi connectivity index (χ4n) is 5.12. The summed E-state index contributed by atoms with van der Waals surface area (Å²) in [5.41, 5.74) is 2.25. The van der Waals surface area contributed by atoms with Crippen molar-refractivity contribution in [2.45, 2.75) is 0 Å². The van der Waals surface area contributed by atoms with Gasteiger partial charge in [0, 0.05) is 42.3 Å². The van der Waals surface area contributed by atoms with Gasteiger partial charge in [-0.15, -0.1) is 0 Å². The molecule has 0 saturated carbocycles. The lowest BCUT2D eigenvalue weighted by Gasteiger charge is -2.32. The van der Waals surface area contributed by atoms with Gasteiger partial charge in [-0.3, -0.25) is 14.0 Å². The monoisotopic (exact) mass is 456 g/mol. The third kappa shape index (κ3) is 2.78. The van der Waals surface area contributed by atoms with Crippen LogP contribution in [0.5, 0.6) is 11.5 Å². The number of nitrogens with zero attached hydrogens (tertiary/aromatic N) is 4. The predicted octanol–water partition coefficient (Wildman–Crippen LogP) is 3.00. The van der Waals surface area contributed by atoms with E-state index in [2.05, 4.69) is 11.9 Å². The zero-order chi connectivity index (χ0) is 23.6. The Morgan fingerprint density at radius 2 is 1.71 bits per heavy atom. The summed E-state index contributed by atoms with van der Waals surface area (Å²) in [6.07, 6.45) is 0. The van der Waals surface area contributed by atoms with Crippen LogP contribution in [0.2, 0.25) is 0 Å². The van der Waals surface area contributed by atoms with Gasteiger partial charge in [0.05, 0.1) is 36.2 Å². The van der Waals surface area contributed by atoms with Crippen molar-refractivity contribution in [3.8, 4) is 11.5 Å². The largest absolute Gasteiger partial charge is 0.493 e. The minimum atomic E-state index is -0.204. The van der Waals surface area contributed by atoms with Gasteiger partial charge in [-0.25, -0.2) is 4.98 Å². The van der Waals surface area contributed by atoms with Crippen LogP contribution in [-0.2, 0) is 0 Å². The van der Waals surface area contributed by atoms with Gasteiger partial charge >= 0.3 is 0 Å². The number of piperazine rings is 1. The molecule has 1 aliphatic rings. The zero-order valence-electron chi connectivity index (χ0n) is 19.3. The number of rotatable bonds is 3. The molecular formula is C26H24N4O4. The molecule has 2 aromatic carbocycles. The second-order valence-corrected chi connectivity index (χ2v) is 8.73. The number of hydrogen-bond acceptors (Lipinski definition) is 6. The summed E-state index contributed by atoms with van der Waals surface area (Å²) < 4.78 is 12.8. The number of benzene rings is 2. The summed E-state index contributed by atoms with van der Waals surface area (Å²) in [5, 5.41) is 2.76. The number of carbonyl (C=O) groups is 1. The number of para-hydroxylation sites is 1. The lowest BCUT2D eigenvalue weighted by atomic mass is 10.1. The van der Waals surface area contributed by atoms with Crippen LogP contribution >= 0.6 is 0 Å². The van der Waals surface area contributed by atoms with Crippen LogP contribution in [0.4, 0.5) is 0 Å². The van der Waals surface area contributed by atoms with Crippen LogP contribution in [-0.4, -0.2) is 72.5 Å². The maximum atomic E-state index is 13.8. The van der Waals surface area contributed by atoms with Gasteiger partial charge < -0.3 is 19.3 Å². The maximum absolute atomic E-state index is 13.8. The Hall–Kier alpha value is -3.91. The van der Waals surface area contributed by atoms with Crippen molar-refractivity contribution in [2.75, 3.05) is 47.4 Å². The van der Waals surface area contributed by atoms with Crippen molar-refractivity contribution in [3.63, 3.8) is 0 Å². The molecule has 0 atom stereocenters. The lowest BCUT2D eigenvalue weighted by Crippen LogP contribution is -2.47. The van der Waals surface area contributed by atoms with Crippen molar-refractivity contribution in [1.82, 2.24) is 19.2 Å². The first-order valence-electron chi connectivity index (χ1n) is 11.3. The van der Waals surface area contributed by atoms with Crippen molar-refractivity contribution in [1.29, 1.82) is 0 Å². The highest BCUT2D eigenvalue weighted by molar-refractivity contribution is 6.21. The number of amides is 1. The van der Waals surface area contributed by atoms with E-state index in [9.17, 15) is 9.59 Å². The second kappa shape index (κ2) is 7.56. The van der Waals surface area contributed by atoms with Gasteiger partial charge in [-0.2, -0.15) is 0 Å². The molecule has 8 heteroatoms. The molecule has 8 nitrogen and oxygen atoms in total. The van der Waals surface area contributed by atoms with E-state index >= 15 is 0 Å². The Bertz CT molecular complexity index is 1650. The first kappa shape index (κ1) is 20.7. The standard InChI is InChI=1S/C26H24N4O4/c1-28-10-12-29(13-11-28)25(31)18-14-17-15-6-4-5-7-19(15)30-23(17)22(27-18)16-8-9-20(33-2)24(34-3)21(16)26(30)32/h4-9,14H,10-13H2,1-3H3. The number of ether oxygens (including phenoxy) is 2. The molecule has 4 heterocycles. The minimum Gasteiger partial charge on any atom is -0.493 e. The van der Waals surface area contributed by atoms with Crippen molar-refractivity contribution < 1.29 is 14.3 Å². The average molecular weight is 457 g/mol. The molecule has 0 unspecified atom stereocenters. The third-order valence-electron chi connectivity index (χ3n) is 6.88. The van der Waals surface area contributed by atoms with Crippen molar-refractivity contribution in [3.05, 3.63) is 58.5 Å². The fourth-order valence-corrected chi connectivity index (χ4v) is 5.12. The normalized spacial score (nSPS) is 15.1. The summed E-state index contributed by atoms with van der Waals surface area (Å²) in [7, 11) is 5.12. The summed E-state index contributed by atoms with van der Waals surface area (Å²) in [4.78, 5) is 36.3. The van der Waals surface area contributed by atoms with E-state index < -0.39 is 0 Å². The maximum Gasteiger partial charge on any atom is 0.272 e. The molecule has 0 radical (unpaired) electrons. The van der Waals surface area contributed by atoms with Crippen LogP contribution in [0.1, 0.15) is 10.5 Å². The minimum absolute atomic E-state index is 0.0954. The van der Waals surface area contributed by atoms with Crippen molar-refractivity contribution >= 4 is 44.0 Å². The van der Waals surface area contributed by atoms with Crippen LogP contribution < -0.4 is 15.0 Å². The molecule has 1 fully saturated rings. The third-order valence-corrected chi connectivity index (χ3v) is 6.88.